The molecule has 1 amide bonds. The molecule has 1 aliphatic rings. The number of nitrogens with zero attached hydrogens (tertiary/aromatic N) is 3. The summed E-state index contributed by atoms with van der Waals surface area (Å²) in [5.74, 6) is 0.686. The summed E-state index contributed by atoms with van der Waals surface area (Å²) in [6.07, 6.45) is 0. The Labute approximate surface area is 115 Å². The van der Waals surface area contributed by atoms with Crippen LogP contribution >= 0.6 is 23.1 Å². The Balaban J connectivity index is 1.83. The molecule has 100 valence electrons. The largest absolute Gasteiger partial charge is 0.375 e. The van der Waals surface area contributed by atoms with E-state index in [1.807, 2.05) is 11.8 Å². The predicted octanol–water partition coefficient (Wildman–Crippen LogP) is 0.900. The molecule has 1 fully saturated rings. The van der Waals surface area contributed by atoms with Crippen LogP contribution in [0.25, 0.3) is 0 Å². The Kier molecular flexibility index (Phi) is 4.47. The van der Waals surface area contributed by atoms with Crippen molar-refractivity contribution in [3.63, 3.8) is 0 Å². The highest BCUT2D eigenvalue weighted by atomic mass is 32.2. The number of carbonyl (C=O) groups excluding carboxylic acids is 1. The molecule has 7 heteroatoms. The maximum Gasteiger partial charge on any atom is 0.233 e. The number of likely N-dealkylation sites (N-methyl/N-ethyl adjacent to an activating group) is 1. The highest BCUT2D eigenvalue weighted by Crippen LogP contribution is 2.30. The molecule has 0 aromatic carbocycles. The second-order valence-electron chi connectivity index (χ2n) is 4.40. The van der Waals surface area contributed by atoms with Crippen LogP contribution in [-0.4, -0.2) is 59.7 Å². The van der Waals surface area contributed by atoms with Crippen molar-refractivity contribution in [2.24, 2.45) is 0 Å². The van der Waals surface area contributed by atoms with Crippen molar-refractivity contribution in [3.8, 4) is 0 Å². The van der Waals surface area contributed by atoms with Gasteiger partial charge in [0, 0.05) is 26.2 Å². The first-order chi connectivity index (χ1) is 8.56. The SMILES string of the molecule is Cc1nc(N)sc1SCC(=O)N1CCN(C)CC1. The number of aryl methyl sites for hydroxylation is 1. The van der Waals surface area contributed by atoms with E-state index in [1.165, 1.54) is 11.3 Å². The van der Waals surface area contributed by atoms with Gasteiger partial charge in [0.25, 0.3) is 0 Å². The monoisotopic (exact) mass is 286 g/mol. The van der Waals surface area contributed by atoms with Crippen LogP contribution in [0.3, 0.4) is 0 Å². The number of hydrogen-bond acceptors (Lipinski definition) is 6. The van der Waals surface area contributed by atoms with Crippen molar-refractivity contribution in [3.05, 3.63) is 5.69 Å². The number of piperazine rings is 1. The van der Waals surface area contributed by atoms with Gasteiger partial charge in [-0.3, -0.25) is 4.79 Å². The quantitative estimate of drug-likeness (QED) is 0.837. The van der Waals surface area contributed by atoms with Crippen LogP contribution in [0.4, 0.5) is 5.13 Å². The number of amides is 1. The molecular weight excluding hydrogens is 268 g/mol. The van der Waals surface area contributed by atoms with E-state index in [9.17, 15) is 4.79 Å². The van der Waals surface area contributed by atoms with Crippen LogP contribution in [0.5, 0.6) is 0 Å². The Morgan fingerprint density at radius 3 is 2.67 bits per heavy atom. The molecule has 5 nitrogen and oxygen atoms in total. The fourth-order valence-corrected chi connectivity index (χ4v) is 3.74. The molecule has 0 radical (unpaired) electrons. The van der Waals surface area contributed by atoms with Crippen molar-refractivity contribution < 1.29 is 4.79 Å². The minimum absolute atomic E-state index is 0.208. The molecule has 1 aromatic heterocycles. The predicted molar refractivity (Wildman–Crippen MR) is 76.1 cm³/mol. The maximum absolute atomic E-state index is 12.0. The molecular formula is C11H18N4OS2. The fourth-order valence-electron chi connectivity index (χ4n) is 1.81. The number of thioether (sulfide) groups is 1. The zero-order valence-electron chi connectivity index (χ0n) is 10.7. The van der Waals surface area contributed by atoms with Crippen molar-refractivity contribution >= 4 is 34.1 Å². The number of hydrogen-bond donors (Lipinski definition) is 1. The lowest BCUT2D eigenvalue weighted by atomic mass is 10.3. The summed E-state index contributed by atoms with van der Waals surface area (Å²) in [7, 11) is 2.08. The number of nitrogens with two attached hydrogens (primary N) is 1. The van der Waals surface area contributed by atoms with E-state index in [1.54, 1.807) is 11.8 Å². The summed E-state index contributed by atoms with van der Waals surface area (Å²) in [4.78, 5) is 20.4. The molecule has 2 rings (SSSR count). The topological polar surface area (TPSA) is 62.5 Å². The summed E-state index contributed by atoms with van der Waals surface area (Å²) in [6.45, 7) is 5.51. The first-order valence-electron chi connectivity index (χ1n) is 5.88. The van der Waals surface area contributed by atoms with Gasteiger partial charge < -0.3 is 15.5 Å². The minimum atomic E-state index is 0.208. The Hall–Kier alpha value is -0.790. The van der Waals surface area contributed by atoms with Gasteiger partial charge in [-0.15, -0.1) is 11.8 Å². The zero-order chi connectivity index (χ0) is 13.1. The summed E-state index contributed by atoms with van der Waals surface area (Å²) >= 11 is 3.00. The van der Waals surface area contributed by atoms with E-state index < -0.39 is 0 Å². The van der Waals surface area contributed by atoms with Gasteiger partial charge in [-0.2, -0.15) is 0 Å². The van der Waals surface area contributed by atoms with Gasteiger partial charge in [-0.05, 0) is 14.0 Å². The molecule has 0 bridgehead atoms. The van der Waals surface area contributed by atoms with E-state index in [2.05, 4.69) is 16.9 Å². The van der Waals surface area contributed by atoms with Crippen molar-refractivity contribution in [2.45, 2.75) is 11.1 Å². The van der Waals surface area contributed by atoms with Gasteiger partial charge in [0.15, 0.2) is 5.13 Å². The van der Waals surface area contributed by atoms with Gasteiger partial charge in [0.2, 0.25) is 5.91 Å². The summed E-state index contributed by atoms with van der Waals surface area (Å²) in [5.41, 5.74) is 6.56. The van der Waals surface area contributed by atoms with Crippen molar-refractivity contribution in [2.75, 3.05) is 44.7 Å². The third-order valence-electron chi connectivity index (χ3n) is 2.95. The molecule has 1 aliphatic heterocycles. The van der Waals surface area contributed by atoms with Gasteiger partial charge >= 0.3 is 0 Å². The zero-order valence-corrected chi connectivity index (χ0v) is 12.3. The van der Waals surface area contributed by atoms with E-state index in [0.29, 0.717) is 10.9 Å². The van der Waals surface area contributed by atoms with E-state index in [4.69, 9.17) is 5.73 Å². The molecule has 0 aliphatic carbocycles. The third kappa shape index (κ3) is 3.37. The number of carbonyl (C=O) groups is 1. The Morgan fingerprint density at radius 1 is 1.44 bits per heavy atom. The highest BCUT2D eigenvalue weighted by Gasteiger charge is 2.19. The molecule has 0 unspecified atom stereocenters. The Bertz CT molecular complexity index is 427. The van der Waals surface area contributed by atoms with E-state index >= 15 is 0 Å². The standard InChI is InChI=1S/C11H18N4OS2/c1-8-10(18-11(12)13-8)17-7-9(16)15-5-3-14(2)4-6-15/h3-7H2,1-2H3,(H2,12,13). The van der Waals surface area contributed by atoms with Crippen LogP contribution in [0.1, 0.15) is 5.69 Å². The lowest BCUT2D eigenvalue weighted by Gasteiger charge is -2.32. The average molecular weight is 286 g/mol. The Morgan fingerprint density at radius 2 is 2.11 bits per heavy atom. The average Bonchev–Trinajstić information content (AvgIpc) is 2.66. The van der Waals surface area contributed by atoms with Gasteiger partial charge in [-0.1, -0.05) is 11.3 Å². The van der Waals surface area contributed by atoms with E-state index in [-0.39, 0.29) is 5.91 Å². The maximum atomic E-state index is 12.0. The van der Waals surface area contributed by atoms with Crippen molar-refractivity contribution in [1.29, 1.82) is 0 Å². The van der Waals surface area contributed by atoms with Crippen LogP contribution in [0, 0.1) is 6.92 Å². The fraction of sp³-hybridized carbons (Fsp3) is 0.636. The third-order valence-corrected chi connectivity index (χ3v) is 5.29. The second kappa shape index (κ2) is 5.90. The van der Waals surface area contributed by atoms with Crippen LogP contribution < -0.4 is 5.73 Å². The van der Waals surface area contributed by atoms with E-state index in [0.717, 1.165) is 36.1 Å². The smallest absolute Gasteiger partial charge is 0.233 e. The van der Waals surface area contributed by atoms with Crippen molar-refractivity contribution in [1.82, 2.24) is 14.8 Å². The number of anilines is 1. The summed E-state index contributed by atoms with van der Waals surface area (Å²) in [6, 6.07) is 0. The number of thiazole rings is 1. The van der Waals surface area contributed by atoms with Gasteiger partial charge in [0.1, 0.15) is 0 Å². The lowest BCUT2D eigenvalue weighted by Crippen LogP contribution is -2.47. The molecule has 2 N–H and O–H groups in total. The minimum Gasteiger partial charge on any atom is -0.375 e. The molecule has 1 saturated heterocycles. The summed E-state index contributed by atoms with van der Waals surface area (Å²) in [5, 5.41) is 0.571. The van der Waals surface area contributed by atoms with Crippen LogP contribution in [0.2, 0.25) is 0 Å². The second-order valence-corrected chi connectivity index (χ2v) is 6.67. The highest BCUT2D eigenvalue weighted by molar-refractivity contribution is 8.01. The normalized spacial score (nSPS) is 17.1. The molecule has 0 atom stereocenters. The lowest BCUT2D eigenvalue weighted by molar-refractivity contribution is -0.129. The van der Waals surface area contributed by atoms with Crippen LogP contribution in [0.15, 0.2) is 4.21 Å². The van der Waals surface area contributed by atoms with Gasteiger partial charge in [0.05, 0.1) is 15.7 Å². The first kappa shape index (κ1) is 13.6. The molecule has 0 saturated carbocycles. The summed E-state index contributed by atoms with van der Waals surface area (Å²) < 4.78 is 1.05. The number of rotatable bonds is 3. The number of aromatic nitrogens is 1. The molecule has 2 heterocycles. The first-order valence-corrected chi connectivity index (χ1v) is 7.68. The molecule has 18 heavy (non-hydrogen) atoms. The molecule has 1 aromatic rings. The van der Waals surface area contributed by atoms with Gasteiger partial charge in [-0.25, -0.2) is 4.98 Å². The molecule has 0 spiro atoms. The van der Waals surface area contributed by atoms with Crippen LogP contribution in [-0.2, 0) is 4.79 Å². The number of nitrogen functional groups attached to an aromatic ring is 1.